The SMILES string of the molecule is CCC1(C)c2sc3ccccc3c2N/C(C)=C\C2=N[C@]1(F)C2. The average molecular weight is 314 g/mol. The topological polar surface area (TPSA) is 24.4 Å². The molecule has 1 aromatic carbocycles. The van der Waals surface area contributed by atoms with E-state index in [1.165, 1.54) is 10.1 Å². The Morgan fingerprint density at radius 3 is 2.82 bits per heavy atom. The van der Waals surface area contributed by atoms with Crippen LogP contribution in [0, 0.1) is 0 Å². The van der Waals surface area contributed by atoms with Crippen molar-refractivity contribution in [3.05, 3.63) is 40.9 Å². The number of hydrogen-bond donors (Lipinski definition) is 1. The minimum absolute atomic E-state index is 0.407. The Morgan fingerprint density at radius 1 is 1.36 bits per heavy atom. The van der Waals surface area contributed by atoms with Gasteiger partial charge in [0.2, 0.25) is 5.79 Å². The summed E-state index contributed by atoms with van der Waals surface area (Å²) >= 11 is 1.69. The van der Waals surface area contributed by atoms with Crippen LogP contribution >= 0.6 is 11.3 Å². The normalized spacial score (nSPS) is 32.5. The molecule has 0 spiro atoms. The first-order valence-corrected chi connectivity index (χ1v) is 8.53. The van der Waals surface area contributed by atoms with Crippen molar-refractivity contribution < 1.29 is 4.39 Å². The Balaban J connectivity index is 2.05. The van der Waals surface area contributed by atoms with Crippen molar-refractivity contribution in [2.45, 2.75) is 44.8 Å². The molecule has 3 aliphatic rings. The van der Waals surface area contributed by atoms with Gasteiger partial charge in [0.1, 0.15) is 0 Å². The fraction of sp³-hybridized carbons (Fsp3) is 0.389. The zero-order chi connectivity index (χ0) is 15.5. The van der Waals surface area contributed by atoms with Crippen molar-refractivity contribution in [1.29, 1.82) is 0 Å². The molecule has 0 radical (unpaired) electrons. The third-order valence-electron chi connectivity index (χ3n) is 5.09. The first-order chi connectivity index (χ1) is 10.5. The van der Waals surface area contributed by atoms with Gasteiger partial charge in [0, 0.05) is 32.8 Å². The smallest absolute Gasteiger partial charge is 0.215 e. The molecule has 0 fully saturated rings. The van der Waals surface area contributed by atoms with Gasteiger partial charge in [-0.25, -0.2) is 9.38 Å². The highest BCUT2D eigenvalue weighted by molar-refractivity contribution is 7.20. The van der Waals surface area contributed by atoms with E-state index in [-0.39, 0.29) is 0 Å². The third-order valence-corrected chi connectivity index (χ3v) is 6.53. The van der Waals surface area contributed by atoms with Crippen LogP contribution < -0.4 is 5.32 Å². The number of aliphatic imine (C=N–C) groups is 1. The van der Waals surface area contributed by atoms with Crippen molar-refractivity contribution in [1.82, 2.24) is 0 Å². The fourth-order valence-electron chi connectivity index (χ4n) is 3.50. The maximum Gasteiger partial charge on any atom is 0.215 e. The van der Waals surface area contributed by atoms with E-state index in [0.29, 0.717) is 6.42 Å². The van der Waals surface area contributed by atoms with Crippen LogP contribution in [0.3, 0.4) is 0 Å². The standard InChI is InChI=1S/C18H19FN2S/c1-4-17(3)16-15(13-7-5-6-8-14(13)22-16)20-11(2)9-12-10-18(17,19)21-12/h5-9,20H,4,10H2,1-3H3/b11-9-/t17?,18-/m1/s1. The number of nitrogens with zero attached hydrogens (tertiary/aromatic N) is 1. The van der Waals surface area contributed by atoms with Crippen LogP contribution in [-0.4, -0.2) is 11.5 Å². The Morgan fingerprint density at radius 2 is 2.09 bits per heavy atom. The number of rotatable bonds is 1. The number of halogens is 1. The van der Waals surface area contributed by atoms with Gasteiger partial charge in [-0.3, -0.25) is 0 Å². The van der Waals surface area contributed by atoms with Crippen LogP contribution in [0.2, 0.25) is 0 Å². The van der Waals surface area contributed by atoms with Crippen molar-refractivity contribution in [2.75, 3.05) is 5.32 Å². The molecule has 2 nitrogen and oxygen atoms in total. The number of hydrogen-bond acceptors (Lipinski definition) is 3. The number of nitrogens with one attached hydrogen (secondary N) is 1. The van der Waals surface area contributed by atoms with Crippen molar-refractivity contribution >= 4 is 32.8 Å². The molecule has 2 atom stereocenters. The molecule has 0 saturated carbocycles. The maximum atomic E-state index is 15.5. The molecule has 114 valence electrons. The summed E-state index contributed by atoms with van der Waals surface area (Å²) in [7, 11) is 0. The molecular formula is C18H19FN2S. The van der Waals surface area contributed by atoms with Gasteiger partial charge in [-0.15, -0.1) is 11.3 Å². The van der Waals surface area contributed by atoms with Crippen molar-refractivity contribution in [3.8, 4) is 0 Å². The van der Waals surface area contributed by atoms with Gasteiger partial charge in [-0.1, -0.05) is 25.1 Å². The molecule has 5 rings (SSSR count). The Bertz CT molecular complexity index is 835. The van der Waals surface area contributed by atoms with Gasteiger partial charge in [0.05, 0.1) is 11.1 Å². The molecule has 2 bridgehead atoms. The predicted molar refractivity (Wildman–Crippen MR) is 92.7 cm³/mol. The number of fused-ring (bicyclic) bond motifs is 2. The van der Waals surface area contributed by atoms with Crippen LogP contribution in [0.1, 0.15) is 38.5 Å². The summed E-state index contributed by atoms with van der Waals surface area (Å²) in [4.78, 5) is 5.44. The van der Waals surface area contributed by atoms with Crippen LogP contribution in [-0.2, 0) is 5.41 Å². The van der Waals surface area contributed by atoms with Gasteiger partial charge in [-0.05, 0) is 32.4 Å². The lowest BCUT2D eigenvalue weighted by atomic mass is 9.71. The summed E-state index contributed by atoms with van der Waals surface area (Å²) in [6.07, 6.45) is 3.10. The molecule has 2 aromatic rings. The minimum atomic E-state index is -1.49. The van der Waals surface area contributed by atoms with E-state index >= 15 is 4.39 Å². The molecule has 4 heteroatoms. The summed E-state index contributed by atoms with van der Waals surface area (Å²) in [5.74, 6) is -1.49. The van der Waals surface area contributed by atoms with Gasteiger partial charge in [-0.2, -0.15) is 0 Å². The van der Waals surface area contributed by atoms with E-state index in [0.717, 1.165) is 28.4 Å². The van der Waals surface area contributed by atoms with Crippen LogP contribution in [0.25, 0.3) is 10.1 Å². The van der Waals surface area contributed by atoms with Crippen LogP contribution in [0.4, 0.5) is 10.1 Å². The Hall–Kier alpha value is -1.68. The summed E-state index contributed by atoms with van der Waals surface area (Å²) in [6, 6.07) is 8.29. The number of thiophene rings is 1. The zero-order valence-corrected chi connectivity index (χ0v) is 13.9. The monoisotopic (exact) mass is 314 g/mol. The largest absolute Gasteiger partial charge is 0.358 e. The van der Waals surface area contributed by atoms with E-state index in [1.54, 1.807) is 11.3 Å². The van der Waals surface area contributed by atoms with Crippen molar-refractivity contribution in [3.63, 3.8) is 0 Å². The molecule has 22 heavy (non-hydrogen) atoms. The molecule has 0 saturated heterocycles. The minimum Gasteiger partial charge on any atom is -0.358 e. The number of allylic oxidation sites excluding steroid dienone is 2. The highest BCUT2D eigenvalue weighted by Gasteiger charge is 2.56. The van der Waals surface area contributed by atoms with Crippen molar-refractivity contribution in [2.24, 2.45) is 4.99 Å². The van der Waals surface area contributed by atoms with E-state index in [2.05, 4.69) is 29.4 Å². The number of benzene rings is 1. The fourth-order valence-corrected chi connectivity index (χ4v) is 4.94. The van der Waals surface area contributed by atoms with E-state index in [9.17, 15) is 0 Å². The molecule has 1 aromatic heterocycles. The van der Waals surface area contributed by atoms with Crippen LogP contribution in [0.15, 0.2) is 41.0 Å². The first-order valence-electron chi connectivity index (χ1n) is 7.72. The maximum absolute atomic E-state index is 15.5. The average Bonchev–Trinajstić information content (AvgIpc) is 2.84. The lowest BCUT2D eigenvalue weighted by Crippen LogP contribution is -2.51. The summed E-state index contributed by atoms with van der Waals surface area (Å²) in [5, 5.41) is 4.68. The molecule has 1 unspecified atom stereocenters. The predicted octanol–water partition coefficient (Wildman–Crippen LogP) is 5.41. The van der Waals surface area contributed by atoms with Gasteiger partial charge >= 0.3 is 0 Å². The van der Waals surface area contributed by atoms with Gasteiger partial charge in [0.15, 0.2) is 0 Å². The number of alkyl halides is 1. The van der Waals surface area contributed by atoms with Gasteiger partial charge in [0.25, 0.3) is 0 Å². The highest BCUT2D eigenvalue weighted by Crippen LogP contribution is 2.55. The Kier molecular flexibility index (Phi) is 2.80. The quantitative estimate of drug-likeness (QED) is 0.699. The second-order valence-corrected chi connectivity index (χ2v) is 7.53. The molecule has 1 N–H and O–H groups in total. The number of anilines is 1. The Labute approximate surface area is 133 Å². The lowest BCUT2D eigenvalue weighted by Gasteiger charge is -2.44. The lowest BCUT2D eigenvalue weighted by molar-refractivity contribution is 0.0586. The third kappa shape index (κ3) is 1.67. The van der Waals surface area contributed by atoms with E-state index in [4.69, 9.17) is 0 Å². The van der Waals surface area contributed by atoms with E-state index < -0.39 is 11.2 Å². The second-order valence-electron chi connectivity index (χ2n) is 6.48. The van der Waals surface area contributed by atoms with Gasteiger partial charge < -0.3 is 5.32 Å². The molecule has 3 aliphatic heterocycles. The summed E-state index contributed by atoms with van der Waals surface area (Å²) < 4.78 is 16.7. The summed E-state index contributed by atoms with van der Waals surface area (Å²) in [6.45, 7) is 6.09. The summed E-state index contributed by atoms with van der Waals surface area (Å²) in [5.41, 5.74) is 2.33. The molecule has 0 amide bonds. The molecule has 0 aliphatic carbocycles. The van der Waals surface area contributed by atoms with Crippen LogP contribution in [0.5, 0.6) is 0 Å². The second kappa shape index (κ2) is 4.42. The molecule has 4 heterocycles. The molecular weight excluding hydrogens is 295 g/mol. The van der Waals surface area contributed by atoms with E-state index in [1.807, 2.05) is 32.1 Å². The highest BCUT2D eigenvalue weighted by atomic mass is 32.1. The first kappa shape index (κ1) is 13.9. The zero-order valence-electron chi connectivity index (χ0n) is 13.0.